The highest BCUT2D eigenvalue weighted by Gasteiger charge is 2.23. The summed E-state index contributed by atoms with van der Waals surface area (Å²) in [5.41, 5.74) is 1.78. The SMILES string of the molecule is CCN(CC)CC.Cc1ccc2c(c1)nnn2C(=O)c1ccccc1S(=O)(=O)O. The van der Waals surface area contributed by atoms with Gasteiger partial charge in [-0.3, -0.25) is 9.35 Å². The lowest BCUT2D eigenvalue weighted by atomic mass is 10.2. The molecule has 3 aromatic rings. The van der Waals surface area contributed by atoms with Crippen molar-refractivity contribution in [3.05, 3.63) is 53.6 Å². The van der Waals surface area contributed by atoms with Crippen LogP contribution in [0, 0.1) is 6.92 Å². The van der Waals surface area contributed by atoms with Crippen LogP contribution in [0.2, 0.25) is 0 Å². The monoisotopic (exact) mass is 418 g/mol. The minimum Gasteiger partial charge on any atom is -0.304 e. The molecule has 1 heterocycles. The Morgan fingerprint density at radius 2 is 1.69 bits per heavy atom. The molecule has 0 unspecified atom stereocenters. The predicted octanol–water partition coefficient (Wildman–Crippen LogP) is 3.02. The average Bonchev–Trinajstić information content (AvgIpc) is 3.11. The third-order valence-corrected chi connectivity index (χ3v) is 5.44. The van der Waals surface area contributed by atoms with Gasteiger partial charge in [-0.25, -0.2) is 0 Å². The van der Waals surface area contributed by atoms with Crippen LogP contribution in [0.25, 0.3) is 11.0 Å². The van der Waals surface area contributed by atoms with Crippen molar-refractivity contribution in [1.29, 1.82) is 0 Å². The summed E-state index contributed by atoms with van der Waals surface area (Å²) in [5.74, 6) is -0.681. The van der Waals surface area contributed by atoms with Crippen LogP contribution in [0.1, 0.15) is 36.7 Å². The molecule has 0 aliphatic heterocycles. The van der Waals surface area contributed by atoms with Gasteiger partial charge in [0.25, 0.3) is 16.0 Å². The van der Waals surface area contributed by atoms with E-state index in [1.165, 1.54) is 37.8 Å². The molecule has 3 rings (SSSR count). The minimum atomic E-state index is -4.51. The van der Waals surface area contributed by atoms with Crippen molar-refractivity contribution in [2.75, 3.05) is 19.6 Å². The molecular weight excluding hydrogens is 392 g/mol. The standard InChI is InChI=1S/C14H11N3O4S.C6H15N/c1-9-6-7-12-11(8-9)15-16-17(12)14(18)10-4-2-3-5-13(10)22(19,20)21;1-4-7(5-2)6-3/h2-8H,1H3,(H,19,20,21);4-6H2,1-3H3. The van der Waals surface area contributed by atoms with Gasteiger partial charge in [0.1, 0.15) is 10.4 Å². The van der Waals surface area contributed by atoms with Crippen LogP contribution in [0.4, 0.5) is 0 Å². The molecule has 0 fully saturated rings. The molecule has 0 aliphatic carbocycles. The van der Waals surface area contributed by atoms with Crippen molar-refractivity contribution < 1.29 is 17.8 Å². The average molecular weight is 419 g/mol. The topological polar surface area (TPSA) is 105 Å². The van der Waals surface area contributed by atoms with Gasteiger partial charge < -0.3 is 4.90 Å². The molecule has 29 heavy (non-hydrogen) atoms. The Kier molecular flexibility index (Phi) is 7.60. The van der Waals surface area contributed by atoms with Gasteiger partial charge in [-0.15, -0.1) is 5.10 Å². The van der Waals surface area contributed by atoms with Crippen LogP contribution < -0.4 is 0 Å². The fraction of sp³-hybridized carbons (Fsp3) is 0.350. The second-order valence-electron chi connectivity index (χ2n) is 6.39. The number of aryl methyl sites for hydroxylation is 1. The maximum atomic E-state index is 12.6. The number of rotatable bonds is 5. The lowest BCUT2D eigenvalue weighted by molar-refractivity contribution is 0.0944. The summed E-state index contributed by atoms with van der Waals surface area (Å²) in [4.78, 5) is 14.5. The van der Waals surface area contributed by atoms with Gasteiger partial charge in [-0.1, -0.05) is 44.2 Å². The zero-order valence-corrected chi connectivity index (χ0v) is 17.8. The Morgan fingerprint density at radius 1 is 1.07 bits per heavy atom. The molecule has 0 saturated heterocycles. The second-order valence-corrected chi connectivity index (χ2v) is 7.78. The van der Waals surface area contributed by atoms with Crippen molar-refractivity contribution in [3.63, 3.8) is 0 Å². The molecule has 0 radical (unpaired) electrons. The molecule has 2 aromatic carbocycles. The zero-order valence-electron chi connectivity index (χ0n) is 17.0. The first-order valence-corrected chi connectivity index (χ1v) is 10.8. The number of benzene rings is 2. The van der Waals surface area contributed by atoms with E-state index in [0.29, 0.717) is 11.0 Å². The Hall–Kier alpha value is -2.62. The van der Waals surface area contributed by atoms with Gasteiger partial charge in [0, 0.05) is 0 Å². The summed E-state index contributed by atoms with van der Waals surface area (Å²) in [6, 6.07) is 10.6. The summed E-state index contributed by atoms with van der Waals surface area (Å²) in [5, 5.41) is 7.67. The largest absolute Gasteiger partial charge is 0.304 e. The van der Waals surface area contributed by atoms with Gasteiger partial charge in [0.05, 0.1) is 11.1 Å². The number of fused-ring (bicyclic) bond motifs is 1. The van der Waals surface area contributed by atoms with Crippen LogP contribution in [0.15, 0.2) is 47.4 Å². The van der Waals surface area contributed by atoms with Gasteiger partial charge in [-0.2, -0.15) is 13.1 Å². The smallest absolute Gasteiger partial charge is 0.295 e. The summed E-state index contributed by atoms with van der Waals surface area (Å²) < 4.78 is 33.0. The van der Waals surface area contributed by atoms with Crippen molar-refractivity contribution in [3.8, 4) is 0 Å². The summed E-state index contributed by atoms with van der Waals surface area (Å²) in [7, 11) is -4.51. The molecule has 0 bridgehead atoms. The lowest BCUT2D eigenvalue weighted by Gasteiger charge is -2.13. The van der Waals surface area contributed by atoms with E-state index >= 15 is 0 Å². The lowest BCUT2D eigenvalue weighted by Crippen LogP contribution is -2.21. The molecule has 0 aliphatic rings. The Balaban J connectivity index is 0.000000370. The number of carbonyl (C=O) groups is 1. The first-order valence-electron chi connectivity index (χ1n) is 9.38. The Labute approximate surface area is 170 Å². The molecule has 156 valence electrons. The van der Waals surface area contributed by atoms with Crippen LogP contribution >= 0.6 is 0 Å². The van der Waals surface area contributed by atoms with Crippen LogP contribution in [-0.4, -0.2) is 58.4 Å². The summed E-state index contributed by atoms with van der Waals surface area (Å²) in [6.07, 6.45) is 0. The van der Waals surface area contributed by atoms with Crippen molar-refractivity contribution in [1.82, 2.24) is 19.9 Å². The maximum absolute atomic E-state index is 12.6. The van der Waals surface area contributed by atoms with E-state index in [0.717, 1.165) is 16.3 Å². The van der Waals surface area contributed by atoms with Crippen LogP contribution in [0.5, 0.6) is 0 Å². The van der Waals surface area contributed by atoms with Crippen molar-refractivity contribution in [2.45, 2.75) is 32.6 Å². The van der Waals surface area contributed by atoms with E-state index in [9.17, 15) is 17.8 Å². The van der Waals surface area contributed by atoms with Crippen molar-refractivity contribution >= 4 is 27.1 Å². The molecule has 0 saturated carbocycles. The van der Waals surface area contributed by atoms with Crippen molar-refractivity contribution in [2.24, 2.45) is 0 Å². The molecule has 8 nitrogen and oxygen atoms in total. The highest BCUT2D eigenvalue weighted by atomic mass is 32.2. The van der Waals surface area contributed by atoms with Gasteiger partial charge in [0.2, 0.25) is 0 Å². The molecule has 9 heteroatoms. The highest BCUT2D eigenvalue weighted by Crippen LogP contribution is 2.19. The number of hydrogen-bond donors (Lipinski definition) is 1. The molecule has 1 N–H and O–H groups in total. The third-order valence-electron chi connectivity index (χ3n) is 4.53. The highest BCUT2D eigenvalue weighted by molar-refractivity contribution is 7.86. The number of hydrogen-bond acceptors (Lipinski definition) is 6. The zero-order chi connectivity index (χ0) is 21.6. The molecular formula is C20H26N4O4S. The van der Waals surface area contributed by atoms with Gasteiger partial charge in [-0.05, 0) is 56.4 Å². The molecule has 1 aromatic heterocycles. The van der Waals surface area contributed by atoms with Gasteiger partial charge in [0.15, 0.2) is 0 Å². The van der Waals surface area contributed by atoms with E-state index < -0.39 is 20.9 Å². The quantitative estimate of drug-likeness (QED) is 0.635. The number of carbonyl (C=O) groups excluding carboxylic acids is 1. The van der Waals surface area contributed by atoms with E-state index in [2.05, 4.69) is 36.0 Å². The normalized spacial score (nSPS) is 11.4. The van der Waals surface area contributed by atoms with E-state index in [1.807, 2.05) is 6.92 Å². The van der Waals surface area contributed by atoms with Crippen LogP contribution in [0.3, 0.4) is 0 Å². The molecule has 0 spiro atoms. The third kappa shape index (κ3) is 5.47. The Morgan fingerprint density at radius 3 is 2.24 bits per heavy atom. The Bertz CT molecular complexity index is 1080. The minimum absolute atomic E-state index is 0.169. The number of aromatic nitrogens is 3. The number of nitrogens with zero attached hydrogens (tertiary/aromatic N) is 4. The van der Waals surface area contributed by atoms with Gasteiger partial charge >= 0.3 is 0 Å². The summed E-state index contributed by atoms with van der Waals surface area (Å²) >= 11 is 0. The van der Waals surface area contributed by atoms with E-state index in [-0.39, 0.29) is 5.56 Å². The maximum Gasteiger partial charge on any atom is 0.295 e. The first-order chi connectivity index (χ1) is 13.7. The molecule has 0 atom stereocenters. The molecule has 0 amide bonds. The fourth-order valence-electron chi connectivity index (χ4n) is 2.84. The second kappa shape index (κ2) is 9.73. The fourth-order valence-corrected chi connectivity index (χ4v) is 3.52. The first kappa shape index (κ1) is 22.7. The predicted molar refractivity (Wildman–Crippen MR) is 112 cm³/mol. The summed E-state index contributed by atoms with van der Waals surface area (Å²) in [6.45, 7) is 12.0. The van der Waals surface area contributed by atoms with E-state index in [4.69, 9.17) is 0 Å². The van der Waals surface area contributed by atoms with Crippen LogP contribution in [-0.2, 0) is 10.1 Å². The van der Waals surface area contributed by atoms with E-state index in [1.54, 1.807) is 18.2 Å².